The first-order chi connectivity index (χ1) is 10.7. The first-order valence-corrected chi connectivity index (χ1v) is 8.76. The van der Waals surface area contributed by atoms with Gasteiger partial charge >= 0.3 is 0 Å². The average Bonchev–Trinajstić information content (AvgIpc) is 3.20. The van der Waals surface area contributed by atoms with Crippen LogP contribution < -0.4 is 10.6 Å². The van der Waals surface area contributed by atoms with Crippen LogP contribution in [0.5, 0.6) is 0 Å². The maximum Gasteiger partial charge on any atom is 0.267 e. The number of amides is 2. The van der Waals surface area contributed by atoms with E-state index < -0.39 is 0 Å². The fourth-order valence-corrected chi connectivity index (χ4v) is 3.52. The van der Waals surface area contributed by atoms with E-state index in [0.29, 0.717) is 15.7 Å². The highest BCUT2D eigenvalue weighted by molar-refractivity contribution is 7.14. The number of piperazine rings is 1. The van der Waals surface area contributed by atoms with E-state index in [1.807, 2.05) is 21.7 Å². The van der Waals surface area contributed by atoms with Gasteiger partial charge in [-0.1, -0.05) is 6.07 Å². The second kappa shape index (κ2) is 6.99. The fourth-order valence-electron chi connectivity index (χ4n) is 2.19. The molecule has 2 aromatic heterocycles. The lowest BCUT2D eigenvalue weighted by molar-refractivity contribution is -0.131. The van der Waals surface area contributed by atoms with Crippen LogP contribution in [0.3, 0.4) is 0 Å². The Morgan fingerprint density at radius 3 is 2.86 bits per heavy atom. The molecule has 1 saturated heterocycles. The third-order valence-electron chi connectivity index (χ3n) is 3.32. The number of nitrogens with zero attached hydrogens (tertiary/aromatic N) is 2. The van der Waals surface area contributed by atoms with Crippen LogP contribution in [0.4, 0.5) is 5.13 Å². The number of anilines is 1. The zero-order chi connectivity index (χ0) is 15.4. The summed E-state index contributed by atoms with van der Waals surface area (Å²) in [7, 11) is 0. The summed E-state index contributed by atoms with van der Waals surface area (Å²) in [5.74, 6) is -0.0766. The van der Waals surface area contributed by atoms with Gasteiger partial charge in [0.25, 0.3) is 5.91 Å². The van der Waals surface area contributed by atoms with E-state index in [1.165, 1.54) is 22.7 Å². The molecule has 1 aliphatic rings. The van der Waals surface area contributed by atoms with Crippen molar-refractivity contribution in [1.82, 2.24) is 15.2 Å². The Bertz CT molecular complexity index is 648. The summed E-state index contributed by atoms with van der Waals surface area (Å²) >= 11 is 2.73. The van der Waals surface area contributed by atoms with Gasteiger partial charge in [0.1, 0.15) is 0 Å². The molecule has 0 saturated carbocycles. The first kappa shape index (κ1) is 15.1. The van der Waals surface area contributed by atoms with E-state index in [4.69, 9.17) is 0 Å². The highest BCUT2D eigenvalue weighted by Gasteiger charge is 2.18. The third kappa shape index (κ3) is 3.70. The van der Waals surface area contributed by atoms with E-state index in [1.54, 1.807) is 6.07 Å². The van der Waals surface area contributed by atoms with Gasteiger partial charge in [0.2, 0.25) is 5.91 Å². The van der Waals surface area contributed by atoms with Crippen molar-refractivity contribution in [3.63, 3.8) is 0 Å². The lowest BCUT2D eigenvalue weighted by Gasteiger charge is -2.27. The van der Waals surface area contributed by atoms with Crippen molar-refractivity contribution in [3.05, 3.63) is 33.5 Å². The molecule has 6 nitrogen and oxygen atoms in total. The lowest BCUT2D eigenvalue weighted by Crippen LogP contribution is -2.46. The van der Waals surface area contributed by atoms with Crippen molar-refractivity contribution >= 4 is 39.6 Å². The van der Waals surface area contributed by atoms with Gasteiger partial charge in [-0.2, -0.15) is 0 Å². The monoisotopic (exact) mass is 336 g/mol. The molecule has 0 spiro atoms. The third-order valence-corrected chi connectivity index (χ3v) is 4.99. The smallest absolute Gasteiger partial charge is 0.267 e. The predicted octanol–water partition coefficient (Wildman–Crippen LogP) is 1.43. The molecule has 0 unspecified atom stereocenters. The van der Waals surface area contributed by atoms with E-state index in [2.05, 4.69) is 15.6 Å². The Kier molecular flexibility index (Phi) is 4.81. The molecule has 0 atom stereocenters. The number of rotatable bonds is 4. The van der Waals surface area contributed by atoms with E-state index in [-0.39, 0.29) is 18.2 Å². The summed E-state index contributed by atoms with van der Waals surface area (Å²) in [5, 5.41) is 10.2. The minimum absolute atomic E-state index is 0.0860. The molecule has 22 heavy (non-hydrogen) atoms. The van der Waals surface area contributed by atoms with Crippen LogP contribution in [-0.2, 0) is 11.2 Å². The number of hydrogen-bond donors (Lipinski definition) is 2. The van der Waals surface area contributed by atoms with E-state index >= 15 is 0 Å². The Balaban J connectivity index is 1.56. The summed E-state index contributed by atoms with van der Waals surface area (Å²) in [6.07, 6.45) is 0.283. The molecule has 3 rings (SSSR count). The van der Waals surface area contributed by atoms with Gasteiger partial charge in [-0.15, -0.1) is 22.7 Å². The molecule has 0 bridgehead atoms. The van der Waals surface area contributed by atoms with Gasteiger partial charge in [0.05, 0.1) is 17.0 Å². The van der Waals surface area contributed by atoms with Crippen LogP contribution in [0.25, 0.3) is 0 Å². The van der Waals surface area contributed by atoms with Crippen LogP contribution in [0.15, 0.2) is 22.9 Å². The Hall–Kier alpha value is -1.77. The average molecular weight is 336 g/mol. The standard InChI is InChI=1S/C14H16N4O2S2/c19-12(18-5-3-15-4-6-18)8-10-9-22-14(16-10)17-13(20)11-2-1-7-21-11/h1-2,7,9,15H,3-6,8H2,(H,16,17,20). The quantitative estimate of drug-likeness (QED) is 0.886. The van der Waals surface area contributed by atoms with Gasteiger partial charge in [0.15, 0.2) is 5.13 Å². The topological polar surface area (TPSA) is 74.3 Å². The second-order valence-electron chi connectivity index (χ2n) is 4.88. The van der Waals surface area contributed by atoms with Crippen LogP contribution in [-0.4, -0.2) is 47.9 Å². The number of thiophene rings is 1. The Morgan fingerprint density at radius 2 is 2.14 bits per heavy atom. The maximum atomic E-state index is 12.2. The molecule has 8 heteroatoms. The number of nitrogens with one attached hydrogen (secondary N) is 2. The van der Waals surface area contributed by atoms with Crippen LogP contribution >= 0.6 is 22.7 Å². The number of hydrogen-bond acceptors (Lipinski definition) is 6. The minimum atomic E-state index is -0.163. The van der Waals surface area contributed by atoms with Gasteiger partial charge in [0, 0.05) is 31.6 Å². The van der Waals surface area contributed by atoms with Crippen molar-refractivity contribution in [2.75, 3.05) is 31.5 Å². The van der Waals surface area contributed by atoms with Crippen LogP contribution in [0, 0.1) is 0 Å². The highest BCUT2D eigenvalue weighted by atomic mass is 32.1. The molecule has 0 radical (unpaired) electrons. The summed E-state index contributed by atoms with van der Waals surface area (Å²) < 4.78 is 0. The Morgan fingerprint density at radius 1 is 1.32 bits per heavy atom. The summed E-state index contributed by atoms with van der Waals surface area (Å²) in [6.45, 7) is 3.16. The molecule has 2 N–H and O–H groups in total. The lowest BCUT2D eigenvalue weighted by atomic mass is 10.2. The first-order valence-electron chi connectivity index (χ1n) is 7.00. The molecule has 0 aliphatic carbocycles. The molecule has 1 fully saturated rings. The fraction of sp³-hybridized carbons (Fsp3) is 0.357. The van der Waals surface area contributed by atoms with E-state index in [0.717, 1.165) is 26.2 Å². The molecular weight excluding hydrogens is 320 g/mol. The number of aromatic nitrogens is 1. The number of carbonyl (C=O) groups excluding carboxylic acids is 2. The van der Waals surface area contributed by atoms with Crippen molar-refractivity contribution < 1.29 is 9.59 Å². The molecule has 3 heterocycles. The van der Waals surface area contributed by atoms with Gasteiger partial charge in [-0.3, -0.25) is 14.9 Å². The molecule has 0 aromatic carbocycles. The van der Waals surface area contributed by atoms with Gasteiger partial charge in [-0.25, -0.2) is 4.98 Å². The van der Waals surface area contributed by atoms with Crippen molar-refractivity contribution in [2.45, 2.75) is 6.42 Å². The van der Waals surface area contributed by atoms with Crippen molar-refractivity contribution in [1.29, 1.82) is 0 Å². The van der Waals surface area contributed by atoms with Crippen molar-refractivity contribution in [2.24, 2.45) is 0 Å². The predicted molar refractivity (Wildman–Crippen MR) is 87.5 cm³/mol. The van der Waals surface area contributed by atoms with Crippen LogP contribution in [0.2, 0.25) is 0 Å². The number of carbonyl (C=O) groups is 2. The molecule has 116 valence electrons. The number of thiazole rings is 1. The maximum absolute atomic E-state index is 12.2. The molecule has 2 amide bonds. The van der Waals surface area contributed by atoms with Crippen LogP contribution in [0.1, 0.15) is 15.4 Å². The largest absolute Gasteiger partial charge is 0.340 e. The SMILES string of the molecule is O=C(Nc1nc(CC(=O)N2CCNCC2)cs1)c1cccs1. The van der Waals surface area contributed by atoms with Gasteiger partial charge < -0.3 is 10.2 Å². The highest BCUT2D eigenvalue weighted by Crippen LogP contribution is 2.18. The van der Waals surface area contributed by atoms with E-state index in [9.17, 15) is 9.59 Å². The molecule has 2 aromatic rings. The summed E-state index contributed by atoms with van der Waals surface area (Å²) in [4.78, 5) is 30.9. The molecule has 1 aliphatic heterocycles. The van der Waals surface area contributed by atoms with Gasteiger partial charge in [-0.05, 0) is 11.4 Å². The molecular formula is C14H16N4O2S2. The summed E-state index contributed by atoms with van der Waals surface area (Å²) in [6, 6.07) is 3.60. The normalized spacial score (nSPS) is 14.8. The Labute approximate surface area is 136 Å². The minimum Gasteiger partial charge on any atom is -0.340 e. The zero-order valence-corrected chi connectivity index (χ0v) is 13.5. The summed E-state index contributed by atoms with van der Waals surface area (Å²) in [5.41, 5.74) is 0.704. The van der Waals surface area contributed by atoms with Crippen molar-refractivity contribution in [3.8, 4) is 0 Å². The zero-order valence-electron chi connectivity index (χ0n) is 11.9. The second-order valence-corrected chi connectivity index (χ2v) is 6.69.